The number of para-hydroxylation sites is 1. The molecule has 0 unspecified atom stereocenters. The van der Waals surface area contributed by atoms with E-state index in [-0.39, 0.29) is 71.0 Å². The van der Waals surface area contributed by atoms with Gasteiger partial charge in [0.15, 0.2) is 0 Å². The quantitative estimate of drug-likeness (QED) is 0.188. The summed E-state index contributed by atoms with van der Waals surface area (Å²) in [7, 11) is 0. The minimum atomic E-state index is -0.735. The van der Waals surface area contributed by atoms with Crippen LogP contribution in [0.4, 0.5) is 0 Å². The molecule has 46 heavy (non-hydrogen) atoms. The van der Waals surface area contributed by atoms with Crippen LogP contribution in [0.1, 0.15) is 23.3 Å². The molecule has 0 N–H and O–H groups in total. The maximum atomic E-state index is 9.74. The summed E-state index contributed by atoms with van der Waals surface area (Å²) >= 11 is 0. The Morgan fingerprint density at radius 3 is 1.57 bits per heavy atom. The molecule has 2 heteroatoms. The van der Waals surface area contributed by atoms with Gasteiger partial charge in [0.1, 0.15) is 22.3 Å². The largest absolute Gasteiger partial charge is 0.456 e. The van der Waals surface area contributed by atoms with Crippen molar-refractivity contribution in [2.75, 3.05) is 0 Å². The molecule has 0 aliphatic heterocycles. The van der Waals surface area contributed by atoms with Gasteiger partial charge in [-0.05, 0) is 91.2 Å². The normalized spacial score (nSPS) is 17.1. The zero-order valence-electron chi connectivity index (χ0n) is 40.5. The van der Waals surface area contributed by atoms with Crippen LogP contribution in [0.2, 0.25) is 0 Å². The third-order valence-electron chi connectivity index (χ3n) is 8.22. The molecule has 0 bridgehead atoms. The van der Waals surface area contributed by atoms with E-state index in [1.54, 1.807) is 18.2 Å². The molecule has 2 nitrogen and oxygen atoms in total. The zero-order chi connectivity index (χ0) is 45.0. The minimum absolute atomic E-state index is 0.0371. The monoisotopic (exact) mass is 603 g/mol. The number of rotatable bonds is 3. The van der Waals surface area contributed by atoms with Gasteiger partial charge in [0.05, 0.1) is 23.3 Å². The van der Waals surface area contributed by atoms with Gasteiger partial charge in [-0.15, -0.1) is 0 Å². The van der Waals surface area contributed by atoms with Crippen LogP contribution < -0.4 is 0 Å². The molecule has 214 valence electrons. The molecule has 0 aliphatic rings. The number of hydrogen-bond donors (Lipinski definition) is 0. The van der Waals surface area contributed by atoms with Crippen LogP contribution in [-0.2, 0) is 0 Å². The van der Waals surface area contributed by atoms with E-state index < -0.39 is 114 Å². The van der Waals surface area contributed by atoms with E-state index in [1.165, 1.54) is 0 Å². The number of benzene rings is 8. The zero-order valence-corrected chi connectivity index (χ0v) is 23.5. The summed E-state index contributed by atoms with van der Waals surface area (Å²) in [6.07, 6.45) is 0. The van der Waals surface area contributed by atoms with E-state index in [9.17, 15) is 9.60 Å². The highest BCUT2D eigenvalue weighted by Gasteiger charge is 2.20. The van der Waals surface area contributed by atoms with Gasteiger partial charge in [-0.3, -0.25) is 0 Å². The van der Waals surface area contributed by atoms with Gasteiger partial charge < -0.3 is 8.83 Å². The number of hydrogen-bond acceptors (Lipinski definition) is 2. The maximum Gasteiger partial charge on any atom is 0.136 e. The molecule has 2 aromatic heterocycles. The molecule has 10 rings (SSSR count). The maximum absolute atomic E-state index is 9.74. The predicted molar refractivity (Wildman–Crippen MR) is 192 cm³/mol. The van der Waals surface area contributed by atoms with Crippen LogP contribution >= 0.6 is 0 Å². The summed E-state index contributed by atoms with van der Waals surface area (Å²) in [5.74, 6) is 0. The van der Waals surface area contributed by atoms with Crippen molar-refractivity contribution < 1.29 is 32.1 Å². The molecule has 0 radical (unpaired) electrons. The first-order valence-corrected chi connectivity index (χ1v) is 14.3. The molecule has 0 amide bonds. The second-order valence-electron chi connectivity index (χ2n) is 10.7. The molecule has 10 aromatic rings. The molecule has 0 atom stereocenters. The second-order valence-corrected chi connectivity index (χ2v) is 10.7. The molecule has 0 saturated heterocycles. The SMILES string of the molecule is [2H]c1c([2H])c([2H])c2c(oc3c([2H])c([2H])c4oc5c([2H])c(-c6c7c([2H])c([2H])c([2H])c([2H])c7c(-c7cccc(-c8ccccc8)c7)c7c([2H])c([2H])c([2H])c([2H])c67)c([2H])c([2H])c5c4c32)c1[2H]. The molecule has 8 aromatic carbocycles. The van der Waals surface area contributed by atoms with Gasteiger partial charge in [-0.25, -0.2) is 0 Å². The summed E-state index contributed by atoms with van der Waals surface area (Å²) < 4.78 is 165. The van der Waals surface area contributed by atoms with Crippen molar-refractivity contribution in [3.63, 3.8) is 0 Å². The van der Waals surface area contributed by atoms with E-state index >= 15 is 0 Å². The molecule has 0 saturated carbocycles. The van der Waals surface area contributed by atoms with Crippen molar-refractivity contribution in [3.8, 4) is 33.4 Å². The Morgan fingerprint density at radius 2 is 0.891 bits per heavy atom. The first-order chi connectivity index (χ1) is 29.9. The standard InChI is InChI=1S/C44H26O2/c1-2-11-27(12-3-1)28-13-10-14-29(25-28)41-31-15-4-6-17-33(31)42(34-18-7-5-16-32(34)41)30-21-22-36-40(26-30)46-39-24-23-38-43(44(36)39)35-19-8-9-20-37(35)45-38/h1-26H/i4D,5D,6D,7D,8D,9D,15D,16D,17D,18D,19D,20D,21D,22D,23D,24D,26D. The van der Waals surface area contributed by atoms with Gasteiger partial charge in [0.2, 0.25) is 0 Å². The van der Waals surface area contributed by atoms with Crippen molar-refractivity contribution in [1.82, 2.24) is 0 Å². The van der Waals surface area contributed by atoms with Crippen LogP contribution in [-0.4, -0.2) is 0 Å². The van der Waals surface area contributed by atoms with Crippen molar-refractivity contribution in [2.45, 2.75) is 0 Å². The first kappa shape index (κ1) is 13.9. The molecule has 0 aliphatic carbocycles. The Kier molecular flexibility index (Phi) is 2.93. The third kappa shape index (κ3) is 3.65. The third-order valence-corrected chi connectivity index (χ3v) is 8.22. The van der Waals surface area contributed by atoms with Gasteiger partial charge in [-0.1, -0.05) is 121 Å². The van der Waals surface area contributed by atoms with Crippen LogP contribution in [0.5, 0.6) is 0 Å². The van der Waals surface area contributed by atoms with E-state index in [0.717, 1.165) is 5.56 Å². The van der Waals surface area contributed by atoms with Crippen LogP contribution in [0.25, 0.3) is 98.8 Å². The Bertz CT molecular complexity index is 3680. The Labute approximate surface area is 288 Å². The van der Waals surface area contributed by atoms with Crippen molar-refractivity contribution in [1.29, 1.82) is 0 Å². The van der Waals surface area contributed by atoms with E-state index in [1.807, 2.05) is 36.4 Å². The van der Waals surface area contributed by atoms with Crippen LogP contribution in [0, 0.1) is 0 Å². The first-order valence-electron chi connectivity index (χ1n) is 22.8. The van der Waals surface area contributed by atoms with E-state index in [2.05, 4.69) is 0 Å². The smallest absolute Gasteiger partial charge is 0.136 e. The van der Waals surface area contributed by atoms with Gasteiger partial charge in [0, 0.05) is 21.5 Å². The summed E-state index contributed by atoms with van der Waals surface area (Å²) in [6, 6.07) is 5.38. The lowest BCUT2D eigenvalue weighted by Crippen LogP contribution is -1.91. The van der Waals surface area contributed by atoms with Gasteiger partial charge >= 0.3 is 0 Å². The summed E-state index contributed by atoms with van der Waals surface area (Å²) in [5, 5.41) is -1.67. The average Bonchev–Trinajstić information content (AvgIpc) is 3.89. The number of fused-ring (bicyclic) bond motifs is 9. The molecule has 2 heterocycles. The fraction of sp³-hybridized carbons (Fsp3) is 0. The Balaban J connectivity index is 1.45. The van der Waals surface area contributed by atoms with Crippen molar-refractivity contribution >= 4 is 65.4 Å². The highest BCUT2D eigenvalue weighted by molar-refractivity contribution is 6.27. The van der Waals surface area contributed by atoms with Crippen LogP contribution in [0.3, 0.4) is 0 Å². The highest BCUT2D eigenvalue weighted by Crippen LogP contribution is 2.46. The number of furan rings is 2. The molecule has 0 spiro atoms. The topological polar surface area (TPSA) is 26.3 Å². The second kappa shape index (κ2) is 9.69. The van der Waals surface area contributed by atoms with Crippen molar-refractivity contribution in [2.24, 2.45) is 0 Å². The fourth-order valence-electron chi connectivity index (χ4n) is 6.27. The Morgan fingerprint density at radius 1 is 0.370 bits per heavy atom. The van der Waals surface area contributed by atoms with E-state index in [0.29, 0.717) is 11.1 Å². The van der Waals surface area contributed by atoms with Crippen molar-refractivity contribution in [3.05, 3.63) is 157 Å². The molecular formula is C44H26O2. The highest BCUT2D eigenvalue weighted by atomic mass is 16.3. The average molecular weight is 604 g/mol. The summed E-state index contributed by atoms with van der Waals surface area (Å²) in [5.41, 5.74) is -0.475. The molecule has 0 fully saturated rings. The summed E-state index contributed by atoms with van der Waals surface area (Å²) in [4.78, 5) is 0. The summed E-state index contributed by atoms with van der Waals surface area (Å²) in [6.45, 7) is 0. The fourth-order valence-corrected chi connectivity index (χ4v) is 6.27. The lowest BCUT2D eigenvalue weighted by atomic mass is 9.85. The Hall–Kier alpha value is -6.12. The van der Waals surface area contributed by atoms with Crippen LogP contribution in [0.15, 0.2) is 166 Å². The lowest BCUT2D eigenvalue weighted by molar-refractivity contribution is 0.663. The predicted octanol–water partition coefficient (Wildman–Crippen LogP) is 12.8. The van der Waals surface area contributed by atoms with E-state index in [4.69, 9.17) is 22.5 Å². The van der Waals surface area contributed by atoms with Gasteiger partial charge in [-0.2, -0.15) is 0 Å². The minimum Gasteiger partial charge on any atom is -0.456 e. The lowest BCUT2D eigenvalue weighted by Gasteiger charge is -2.18. The van der Waals surface area contributed by atoms with Gasteiger partial charge in [0.25, 0.3) is 0 Å². The molecular weight excluding hydrogens is 560 g/mol.